The van der Waals surface area contributed by atoms with E-state index in [9.17, 15) is 19.1 Å². The van der Waals surface area contributed by atoms with Gasteiger partial charge in [-0.3, -0.25) is 14.5 Å². The average molecular weight is 353 g/mol. The Labute approximate surface area is 144 Å². The first-order valence-corrected chi connectivity index (χ1v) is 8.04. The van der Waals surface area contributed by atoms with Crippen LogP contribution in [0.1, 0.15) is 5.56 Å². The van der Waals surface area contributed by atoms with Gasteiger partial charge in [-0.05, 0) is 23.8 Å². The van der Waals surface area contributed by atoms with Gasteiger partial charge in [0.15, 0.2) is 0 Å². The summed E-state index contributed by atoms with van der Waals surface area (Å²) in [6.07, 6.45) is 1.60. The van der Waals surface area contributed by atoms with Crippen molar-refractivity contribution >= 4 is 23.5 Å². The number of halogens is 2. The molecule has 24 heavy (non-hydrogen) atoms. The van der Waals surface area contributed by atoms with Crippen molar-refractivity contribution in [2.75, 3.05) is 26.2 Å². The van der Waals surface area contributed by atoms with Gasteiger partial charge in [-0.1, -0.05) is 17.7 Å². The molecule has 2 saturated heterocycles. The highest BCUT2D eigenvalue weighted by Crippen LogP contribution is 2.44. The highest BCUT2D eigenvalue weighted by molar-refractivity contribution is 6.31. The fraction of sp³-hybridized carbons (Fsp3) is 0.412. The zero-order valence-corrected chi connectivity index (χ0v) is 13.8. The van der Waals surface area contributed by atoms with Crippen LogP contribution in [0.2, 0.25) is 5.02 Å². The highest BCUT2D eigenvalue weighted by Gasteiger charge is 2.61. The average Bonchev–Trinajstić information content (AvgIpc) is 3.00. The maximum absolute atomic E-state index is 13.4. The summed E-state index contributed by atoms with van der Waals surface area (Å²) in [7, 11) is 0. The van der Waals surface area contributed by atoms with E-state index < -0.39 is 23.1 Å². The number of amides is 1. The van der Waals surface area contributed by atoms with E-state index in [1.54, 1.807) is 6.08 Å². The molecule has 2 atom stereocenters. The zero-order valence-electron chi connectivity index (χ0n) is 13.0. The summed E-state index contributed by atoms with van der Waals surface area (Å²) in [5, 5.41) is 10.2. The molecule has 2 aliphatic heterocycles. The topological polar surface area (TPSA) is 60.9 Å². The number of aliphatic carboxylic acids is 1. The van der Waals surface area contributed by atoms with Crippen molar-refractivity contribution in [3.05, 3.63) is 47.3 Å². The summed E-state index contributed by atoms with van der Waals surface area (Å²) in [6, 6.07) is 4.10. The van der Waals surface area contributed by atoms with Crippen molar-refractivity contribution in [2.24, 2.45) is 11.3 Å². The molecular weight excluding hydrogens is 335 g/mol. The first-order valence-electron chi connectivity index (χ1n) is 7.67. The molecule has 1 N–H and O–H groups in total. The van der Waals surface area contributed by atoms with Gasteiger partial charge in [-0.2, -0.15) is 0 Å². The first kappa shape index (κ1) is 16.9. The van der Waals surface area contributed by atoms with Crippen molar-refractivity contribution in [2.45, 2.75) is 6.54 Å². The molecule has 0 bridgehead atoms. The molecule has 7 heteroatoms. The lowest BCUT2D eigenvalue weighted by atomic mass is 9.81. The van der Waals surface area contributed by atoms with E-state index >= 15 is 0 Å². The predicted molar refractivity (Wildman–Crippen MR) is 87.0 cm³/mol. The quantitative estimate of drug-likeness (QED) is 0.823. The smallest absolute Gasteiger partial charge is 0.313 e. The van der Waals surface area contributed by atoms with Crippen LogP contribution in [0.4, 0.5) is 4.39 Å². The Hall–Kier alpha value is -1.92. The van der Waals surface area contributed by atoms with Gasteiger partial charge < -0.3 is 10.0 Å². The molecule has 0 saturated carbocycles. The van der Waals surface area contributed by atoms with Crippen molar-refractivity contribution in [1.82, 2.24) is 9.80 Å². The molecule has 1 amide bonds. The SMILES string of the molecule is C=CCN1C[C@]2(C(=O)O)CN(Cc3cc(F)ccc3Cl)C[C@@H]2C1=O. The minimum atomic E-state index is -1.13. The lowest BCUT2D eigenvalue weighted by Crippen LogP contribution is -2.40. The summed E-state index contributed by atoms with van der Waals surface area (Å²) in [4.78, 5) is 27.8. The van der Waals surface area contributed by atoms with Crippen molar-refractivity contribution in [1.29, 1.82) is 0 Å². The minimum absolute atomic E-state index is 0.162. The monoisotopic (exact) mass is 352 g/mol. The number of carboxylic acids is 1. The Morgan fingerprint density at radius 1 is 1.50 bits per heavy atom. The molecule has 2 fully saturated rings. The Bertz CT molecular complexity index is 711. The third-order valence-corrected chi connectivity index (χ3v) is 5.24. The third kappa shape index (κ3) is 2.70. The second-order valence-corrected chi connectivity index (χ2v) is 6.83. The van der Waals surface area contributed by atoms with E-state index in [0.717, 1.165) is 0 Å². The van der Waals surface area contributed by atoms with Crippen LogP contribution in [0.25, 0.3) is 0 Å². The molecule has 1 aromatic rings. The van der Waals surface area contributed by atoms with Crippen LogP contribution in [-0.4, -0.2) is 53.0 Å². The number of hydrogen-bond acceptors (Lipinski definition) is 3. The molecular formula is C17H18ClFN2O3. The van der Waals surface area contributed by atoms with Gasteiger partial charge in [0.05, 0.1) is 5.92 Å². The summed E-state index contributed by atoms with van der Waals surface area (Å²) < 4.78 is 13.4. The molecule has 5 nitrogen and oxygen atoms in total. The Balaban J connectivity index is 1.82. The van der Waals surface area contributed by atoms with Gasteiger partial charge in [0.1, 0.15) is 11.2 Å². The van der Waals surface area contributed by atoms with Crippen molar-refractivity contribution < 1.29 is 19.1 Å². The summed E-state index contributed by atoms with van der Waals surface area (Å²) >= 11 is 6.09. The third-order valence-electron chi connectivity index (χ3n) is 4.87. The number of rotatable bonds is 5. The Morgan fingerprint density at radius 3 is 2.88 bits per heavy atom. The van der Waals surface area contributed by atoms with Gasteiger partial charge in [0.2, 0.25) is 5.91 Å². The van der Waals surface area contributed by atoms with Gasteiger partial charge in [-0.25, -0.2) is 4.39 Å². The summed E-state index contributed by atoms with van der Waals surface area (Å²) in [5.41, 5.74) is -0.535. The second-order valence-electron chi connectivity index (χ2n) is 6.43. The lowest BCUT2D eigenvalue weighted by Gasteiger charge is -2.25. The van der Waals surface area contributed by atoms with Crippen LogP contribution >= 0.6 is 11.6 Å². The number of carboxylic acid groups (broad SMARTS) is 1. The minimum Gasteiger partial charge on any atom is -0.481 e. The molecule has 2 aliphatic rings. The van der Waals surface area contributed by atoms with Crippen LogP contribution in [0.5, 0.6) is 0 Å². The molecule has 0 radical (unpaired) electrons. The van der Waals surface area contributed by atoms with E-state index in [1.165, 1.54) is 23.1 Å². The molecule has 128 valence electrons. The molecule has 2 heterocycles. The molecule has 0 aliphatic carbocycles. The fourth-order valence-corrected chi connectivity index (χ4v) is 3.92. The predicted octanol–water partition coefficient (Wildman–Crippen LogP) is 2.01. The van der Waals surface area contributed by atoms with Crippen LogP contribution in [-0.2, 0) is 16.1 Å². The number of hydrogen-bond donors (Lipinski definition) is 1. The van der Waals surface area contributed by atoms with Crippen molar-refractivity contribution in [3.63, 3.8) is 0 Å². The summed E-state index contributed by atoms with van der Waals surface area (Å²) in [6.45, 7) is 5.00. The first-order chi connectivity index (χ1) is 11.4. The molecule has 0 spiro atoms. The van der Waals surface area contributed by atoms with Crippen LogP contribution < -0.4 is 0 Å². The number of fused-ring (bicyclic) bond motifs is 1. The van der Waals surface area contributed by atoms with E-state index in [1.807, 2.05) is 4.90 Å². The Morgan fingerprint density at radius 2 is 2.25 bits per heavy atom. The molecule has 0 aromatic heterocycles. The Kier molecular flexibility index (Phi) is 4.36. The van der Waals surface area contributed by atoms with Crippen LogP contribution in [0.15, 0.2) is 30.9 Å². The summed E-state index contributed by atoms with van der Waals surface area (Å²) in [5.74, 6) is -2.12. The van der Waals surface area contributed by atoms with Gasteiger partial charge in [-0.15, -0.1) is 6.58 Å². The molecule has 3 rings (SSSR count). The van der Waals surface area contributed by atoms with Gasteiger partial charge in [0.25, 0.3) is 0 Å². The number of carbonyl (C=O) groups excluding carboxylic acids is 1. The second kappa shape index (κ2) is 6.18. The van der Waals surface area contributed by atoms with Gasteiger partial charge in [0, 0.05) is 37.7 Å². The van der Waals surface area contributed by atoms with Crippen molar-refractivity contribution in [3.8, 4) is 0 Å². The standard InChI is InChI=1S/C17H18ClFN2O3/c1-2-5-21-10-17(16(23)24)9-20(8-13(17)15(21)22)7-11-6-12(19)3-4-14(11)18/h2-4,6,13H,1,5,7-10H2,(H,23,24)/t13-,17-/m1/s1. The number of nitrogens with zero attached hydrogens (tertiary/aromatic N) is 2. The lowest BCUT2D eigenvalue weighted by molar-refractivity contribution is -0.149. The maximum atomic E-state index is 13.4. The van der Waals surface area contributed by atoms with E-state index in [4.69, 9.17) is 11.6 Å². The van der Waals surface area contributed by atoms with Crippen LogP contribution in [0.3, 0.4) is 0 Å². The molecule has 0 unspecified atom stereocenters. The van der Waals surface area contributed by atoms with E-state index in [-0.39, 0.29) is 19.0 Å². The number of likely N-dealkylation sites (tertiary alicyclic amines) is 2. The normalized spacial score (nSPS) is 26.7. The number of carbonyl (C=O) groups is 2. The highest BCUT2D eigenvalue weighted by atomic mass is 35.5. The van der Waals surface area contributed by atoms with E-state index in [2.05, 4.69) is 6.58 Å². The van der Waals surface area contributed by atoms with Gasteiger partial charge >= 0.3 is 5.97 Å². The zero-order chi connectivity index (χ0) is 17.5. The number of benzene rings is 1. The largest absolute Gasteiger partial charge is 0.481 e. The maximum Gasteiger partial charge on any atom is 0.313 e. The molecule has 1 aromatic carbocycles. The van der Waals surface area contributed by atoms with E-state index in [0.29, 0.717) is 30.2 Å². The van der Waals surface area contributed by atoms with Crippen LogP contribution in [0, 0.1) is 17.2 Å². The fourth-order valence-electron chi connectivity index (χ4n) is 3.74.